The number of likely N-dealkylation sites (N-methyl/N-ethyl adjacent to an activating group) is 1. The maximum absolute atomic E-state index is 13.4. The number of piperidine rings is 2. The van der Waals surface area contributed by atoms with E-state index >= 15 is 0 Å². The van der Waals surface area contributed by atoms with Crippen LogP contribution >= 0.6 is 0 Å². The molecule has 5 aliphatic heterocycles. The molecule has 0 aliphatic carbocycles. The molecule has 5 fully saturated rings. The van der Waals surface area contributed by atoms with Crippen LogP contribution in [0.4, 0.5) is 38.4 Å². The van der Waals surface area contributed by atoms with Crippen LogP contribution in [0.15, 0.2) is 36.4 Å². The maximum atomic E-state index is 13.4. The Morgan fingerprint density at radius 3 is 2.42 bits per heavy atom. The lowest BCUT2D eigenvalue weighted by atomic mass is 9.87. The highest BCUT2D eigenvalue weighted by molar-refractivity contribution is 6.06. The predicted octanol–water partition coefficient (Wildman–Crippen LogP) is 2.53. The van der Waals surface area contributed by atoms with Crippen molar-refractivity contribution in [3.8, 4) is 0 Å². The van der Waals surface area contributed by atoms with Crippen LogP contribution in [0.2, 0.25) is 0 Å². The SMILES string of the molecule is Cc1cc(N2CC(CC(=O)N3CCC(c4ccc(Nc5nc(N6CCCC(N7CCN(C)C7=O)C6)nnc5C(N)=O)c(CO)c4)CC3)C2)ccc1N1CCC(=O)NC1=O. The summed E-state index contributed by atoms with van der Waals surface area (Å²) in [5.41, 5.74) is 10.6. The molecule has 7 amide bonds. The Labute approximate surface area is 342 Å². The summed E-state index contributed by atoms with van der Waals surface area (Å²) in [6.07, 6.45) is 4.10. The fourth-order valence-corrected chi connectivity index (χ4v) is 9.03. The molecule has 0 spiro atoms. The van der Waals surface area contributed by atoms with Gasteiger partial charge in [0.2, 0.25) is 17.8 Å². The number of likely N-dealkylation sites (tertiary alicyclic amines) is 1. The molecule has 8 rings (SSSR count). The van der Waals surface area contributed by atoms with Gasteiger partial charge in [0.1, 0.15) is 0 Å². The van der Waals surface area contributed by atoms with E-state index in [1.54, 1.807) is 16.8 Å². The number of benzene rings is 2. The van der Waals surface area contributed by atoms with Crippen LogP contribution in [0.5, 0.6) is 0 Å². The first-order chi connectivity index (χ1) is 28.4. The van der Waals surface area contributed by atoms with Crippen LogP contribution in [-0.4, -0.2) is 137 Å². The molecule has 0 saturated carbocycles. The van der Waals surface area contributed by atoms with Gasteiger partial charge in [0.25, 0.3) is 5.91 Å². The lowest BCUT2D eigenvalue weighted by molar-refractivity contribution is -0.133. The van der Waals surface area contributed by atoms with E-state index in [1.807, 2.05) is 52.0 Å². The Morgan fingerprint density at radius 1 is 0.932 bits per heavy atom. The Hall–Kier alpha value is -6.04. The molecule has 1 aromatic heterocycles. The number of carbonyl (C=O) groups is 5. The minimum atomic E-state index is -0.786. The van der Waals surface area contributed by atoms with Crippen LogP contribution in [-0.2, 0) is 16.2 Å². The van der Waals surface area contributed by atoms with Gasteiger partial charge >= 0.3 is 12.1 Å². The monoisotopic (exact) mass is 808 g/mol. The van der Waals surface area contributed by atoms with Crippen LogP contribution in [0.1, 0.15) is 71.6 Å². The first-order valence-corrected chi connectivity index (χ1v) is 20.5. The molecule has 3 aromatic rings. The highest BCUT2D eigenvalue weighted by atomic mass is 16.3. The third-order valence-corrected chi connectivity index (χ3v) is 12.5. The number of urea groups is 2. The molecule has 5 aliphatic rings. The van der Waals surface area contributed by atoms with E-state index in [0.29, 0.717) is 69.4 Å². The Morgan fingerprint density at radius 2 is 1.73 bits per heavy atom. The van der Waals surface area contributed by atoms with Crippen molar-refractivity contribution in [2.75, 3.05) is 86.0 Å². The number of aryl methyl sites for hydroxylation is 1. The fraction of sp³-hybridized carbons (Fsp3) is 0.512. The topological polar surface area (TPSA) is 214 Å². The lowest BCUT2D eigenvalue weighted by Gasteiger charge is -2.42. The first-order valence-electron chi connectivity index (χ1n) is 20.5. The second kappa shape index (κ2) is 16.7. The summed E-state index contributed by atoms with van der Waals surface area (Å²) >= 11 is 0. The zero-order chi connectivity index (χ0) is 41.4. The fourth-order valence-electron chi connectivity index (χ4n) is 9.03. The van der Waals surface area contributed by atoms with Crippen LogP contribution < -0.4 is 31.1 Å². The molecular formula is C41H52N12O6. The van der Waals surface area contributed by atoms with E-state index in [2.05, 4.69) is 36.8 Å². The molecule has 18 nitrogen and oxygen atoms in total. The van der Waals surface area contributed by atoms with Gasteiger partial charge in [-0.25, -0.2) is 9.59 Å². The number of hydrogen-bond acceptors (Lipinski definition) is 12. The number of imide groups is 1. The van der Waals surface area contributed by atoms with Gasteiger partial charge in [0.15, 0.2) is 11.5 Å². The van der Waals surface area contributed by atoms with Gasteiger partial charge in [-0.1, -0.05) is 12.1 Å². The van der Waals surface area contributed by atoms with Crippen LogP contribution in [0.25, 0.3) is 0 Å². The number of nitrogens with one attached hydrogen (secondary N) is 2. The molecule has 1 unspecified atom stereocenters. The van der Waals surface area contributed by atoms with Crippen molar-refractivity contribution in [1.82, 2.24) is 35.2 Å². The third kappa shape index (κ3) is 8.31. The number of aliphatic hydroxyl groups excluding tert-OH is 1. The summed E-state index contributed by atoms with van der Waals surface area (Å²) in [6, 6.07) is 11.4. The number of rotatable bonds is 11. The van der Waals surface area contributed by atoms with Crippen molar-refractivity contribution in [1.29, 1.82) is 0 Å². The maximum Gasteiger partial charge on any atom is 0.328 e. The molecular weight excluding hydrogens is 757 g/mol. The summed E-state index contributed by atoms with van der Waals surface area (Å²) in [5, 5.41) is 24.4. The number of nitrogens with zero attached hydrogens (tertiary/aromatic N) is 9. The van der Waals surface area contributed by atoms with Crippen LogP contribution in [0.3, 0.4) is 0 Å². The highest BCUT2D eigenvalue weighted by Gasteiger charge is 2.36. The number of amides is 7. The molecule has 5 saturated heterocycles. The number of aromatic nitrogens is 3. The quantitative estimate of drug-likeness (QED) is 0.220. The van der Waals surface area contributed by atoms with Crippen molar-refractivity contribution in [3.63, 3.8) is 0 Å². The number of hydrogen-bond donors (Lipinski definition) is 4. The zero-order valence-corrected chi connectivity index (χ0v) is 33.6. The van der Waals surface area contributed by atoms with Crippen molar-refractivity contribution in [2.24, 2.45) is 11.7 Å². The molecule has 6 heterocycles. The Kier molecular flexibility index (Phi) is 11.2. The van der Waals surface area contributed by atoms with E-state index in [4.69, 9.17) is 5.73 Å². The number of primary amides is 1. The Bertz CT molecular complexity index is 2140. The van der Waals surface area contributed by atoms with E-state index in [-0.39, 0.29) is 60.3 Å². The van der Waals surface area contributed by atoms with Gasteiger partial charge in [-0.3, -0.25) is 24.6 Å². The van der Waals surface area contributed by atoms with Gasteiger partial charge < -0.3 is 40.7 Å². The minimum Gasteiger partial charge on any atom is -0.392 e. The van der Waals surface area contributed by atoms with Crippen molar-refractivity contribution < 1.29 is 29.1 Å². The predicted molar refractivity (Wildman–Crippen MR) is 220 cm³/mol. The molecule has 59 heavy (non-hydrogen) atoms. The third-order valence-electron chi connectivity index (χ3n) is 12.5. The number of anilines is 5. The Balaban J connectivity index is 0.845. The molecule has 2 aromatic carbocycles. The van der Waals surface area contributed by atoms with Crippen LogP contribution in [0, 0.1) is 12.8 Å². The van der Waals surface area contributed by atoms with E-state index in [1.165, 1.54) is 0 Å². The minimum absolute atomic E-state index is 0.0131. The molecule has 0 bridgehead atoms. The summed E-state index contributed by atoms with van der Waals surface area (Å²) < 4.78 is 0. The highest BCUT2D eigenvalue weighted by Crippen LogP contribution is 2.35. The van der Waals surface area contributed by atoms with E-state index < -0.39 is 11.9 Å². The zero-order valence-electron chi connectivity index (χ0n) is 33.6. The normalized spacial score (nSPS) is 20.6. The van der Waals surface area contributed by atoms with Gasteiger partial charge in [-0.2, -0.15) is 4.98 Å². The number of carbonyl (C=O) groups excluding carboxylic acids is 5. The van der Waals surface area contributed by atoms with E-state index in [0.717, 1.165) is 61.3 Å². The van der Waals surface area contributed by atoms with Crippen molar-refractivity contribution in [2.45, 2.75) is 64.0 Å². The summed E-state index contributed by atoms with van der Waals surface area (Å²) in [6.45, 7) is 7.53. The first kappa shape index (κ1) is 39.8. The summed E-state index contributed by atoms with van der Waals surface area (Å²) in [5.74, 6) is 0.0687. The van der Waals surface area contributed by atoms with Gasteiger partial charge in [-0.15, -0.1) is 10.2 Å². The largest absolute Gasteiger partial charge is 0.392 e. The molecule has 5 N–H and O–H groups in total. The van der Waals surface area contributed by atoms with Crippen molar-refractivity contribution >= 4 is 58.6 Å². The van der Waals surface area contributed by atoms with E-state index in [9.17, 15) is 29.1 Å². The molecule has 0 radical (unpaired) electrons. The summed E-state index contributed by atoms with van der Waals surface area (Å²) in [4.78, 5) is 78.4. The smallest absolute Gasteiger partial charge is 0.328 e. The second-order valence-electron chi connectivity index (χ2n) is 16.4. The lowest BCUT2D eigenvalue weighted by Crippen LogP contribution is -2.50. The number of aliphatic hydroxyl groups is 1. The average molecular weight is 809 g/mol. The second-order valence-corrected chi connectivity index (χ2v) is 16.4. The summed E-state index contributed by atoms with van der Waals surface area (Å²) in [7, 11) is 1.80. The molecule has 1 atom stereocenters. The number of nitrogens with two attached hydrogens (primary N) is 1. The molecule has 312 valence electrons. The van der Waals surface area contributed by atoms with Gasteiger partial charge in [0, 0.05) is 107 Å². The van der Waals surface area contributed by atoms with Gasteiger partial charge in [-0.05, 0) is 73.9 Å². The van der Waals surface area contributed by atoms with Crippen molar-refractivity contribution in [3.05, 3.63) is 58.8 Å². The molecule has 18 heteroatoms. The van der Waals surface area contributed by atoms with Gasteiger partial charge in [0.05, 0.1) is 12.6 Å². The standard InChI is InChI=1S/C41H52N12O6/c1-25-18-30(6-8-33(25)53-15-11-34(55)44-40(53)58)51-21-26(22-51)19-35(56)49-13-9-27(10-14-49)28-5-7-32(29(20-28)24-54)43-38-36(37(42)57)46-47-39(45-38)50-12-3-4-31(23-50)52-17-16-48(2)41(52)59/h5-8,18,20,26-27,31,54H,3-4,9-17,19,21-24H2,1-2H3,(H2,42,57)(H,43,45,47)(H,44,55,58). The average Bonchev–Trinajstić information content (AvgIpc) is 3.56.